The largest absolute Gasteiger partial charge is 0.497 e. The zero-order valence-corrected chi connectivity index (χ0v) is 17.2. The summed E-state index contributed by atoms with van der Waals surface area (Å²) in [5, 5.41) is 1.06. The molecule has 0 aliphatic carbocycles. The summed E-state index contributed by atoms with van der Waals surface area (Å²) >= 11 is 0. The zero-order chi connectivity index (χ0) is 20.4. The fraction of sp³-hybridized carbons (Fsp3) is 0.348. The minimum atomic E-state index is 0.172. The lowest BCUT2D eigenvalue weighted by Crippen LogP contribution is -2.49. The Morgan fingerprint density at radius 1 is 0.966 bits per heavy atom. The van der Waals surface area contributed by atoms with E-state index in [0.29, 0.717) is 6.42 Å². The molecule has 1 aliphatic rings. The number of hydrogen-bond donors (Lipinski definition) is 1. The molecule has 1 saturated heterocycles. The quantitative estimate of drug-likeness (QED) is 0.722. The van der Waals surface area contributed by atoms with E-state index in [9.17, 15) is 4.79 Å². The van der Waals surface area contributed by atoms with Gasteiger partial charge in [-0.2, -0.15) is 0 Å². The molecule has 2 aromatic carbocycles. The molecule has 0 atom stereocenters. The minimum absolute atomic E-state index is 0.172. The first-order valence-corrected chi connectivity index (χ1v) is 9.91. The van der Waals surface area contributed by atoms with Crippen LogP contribution in [0.4, 0.5) is 5.69 Å². The van der Waals surface area contributed by atoms with E-state index in [2.05, 4.69) is 22.0 Å². The molecule has 0 saturated carbocycles. The number of benzene rings is 2. The van der Waals surface area contributed by atoms with Crippen molar-refractivity contribution in [3.05, 3.63) is 53.7 Å². The third-order valence-electron chi connectivity index (χ3n) is 5.72. The molecule has 0 spiro atoms. The molecule has 1 fully saturated rings. The number of carbonyl (C=O) groups excluding carboxylic acids is 1. The van der Waals surface area contributed by atoms with Gasteiger partial charge in [-0.05, 0) is 55.0 Å². The SMILES string of the molecule is COc1ccc(N2CCN(C(=O)Cc3c(C)[nH]c4ccc(OC)cc34)CC2)cc1. The van der Waals surface area contributed by atoms with Crippen molar-refractivity contribution >= 4 is 22.5 Å². The summed E-state index contributed by atoms with van der Waals surface area (Å²) in [5.41, 5.74) is 4.30. The van der Waals surface area contributed by atoms with Crippen molar-refractivity contribution in [3.8, 4) is 11.5 Å². The number of nitrogens with one attached hydrogen (secondary N) is 1. The smallest absolute Gasteiger partial charge is 0.227 e. The van der Waals surface area contributed by atoms with Crippen LogP contribution in [0.5, 0.6) is 11.5 Å². The molecule has 152 valence electrons. The maximum Gasteiger partial charge on any atom is 0.227 e. The lowest BCUT2D eigenvalue weighted by atomic mass is 10.1. The van der Waals surface area contributed by atoms with Crippen molar-refractivity contribution in [2.75, 3.05) is 45.3 Å². The third kappa shape index (κ3) is 3.88. The van der Waals surface area contributed by atoms with Gasteiger partial charge in [0.15, 0.2) is 0 Å². The summed E-state index contributed by atoms with van der Waals surface area (Å²) in [5.74, 6) is 1.83. The maximum absolute atomic E-state index is 13.0. The van der Waals surface area contributed by atoms with Crippen LogP contribution in [0.1, 0.15) is 11.3 Å². The Bertz CT molecular complexity index is 1000. The van der Waals surface area contributed by atoms with Gasteiger partial charge in [-0.1, -0.05) is 0 Å². The van der Waals surface area contributed by atoms with Gasteiger partial charge in [0, 0.05) is 48.5 Å². The van der Waals surface area contributed by atoms with Crippen molar-refractivity contribution < 1.29 is 14.3 Å². The summed E-state index contributed by atoms with van der Waals surface area (Å²) in [6.07, 6.45) is 0.404. The van der Waals surface area contributed by atoms with Crippen LogP contribution in [-0.2, 0) is 11.2 Å². The molecule has 1 aliphatic heterocycles. The highest BCUT2D eigenvalue weighted by atomic mass is 16.5. The number of nitrogens with zero attached hydrogens (tertiary/aromatic N) is 2. The number of hydrogen-bond acceptors (Lipinski definition) is 4. The number of aromatic nitrogens is 1. The van der Waals surface area contributed by atoms with E-state index in [0.717, 1.165) is 65.5 Å². The zero-order valence-electron chi connectivity index (χ0n) is 17.2. The van der Waals surface area contributed by atoms with E-state index < -0.39 is 0 Å². The second kappa shape index (κ2) is 8.07. The Morgan fingerprint density at radius 2 is 1.62 bits per heavy atom. The van der Waals surface area contributed by atoms with Crippen molar-refractivity contribution in [1.82, 2.24) is 9.88 Å². The molecule has 0 radical (unpaired) electrons. The second-order valence-electron chi connectivity index (χ2n) is 7.38. The Hall–Kier alpha value is -3.15. The minimum Gasteiger partial charge on any atom is -0.497 e. The highest BCUT2D eigenvalue weighted by Gasteiger charge is 2.23. The average Bonchev–Trinajstić information content (AvgIpc) is 3.08. The van der Waals surface area contributed by atoms with Crippen molar-refractivity contribution in [3.63, 3.8) is 0 Å². The predicted octanol–water partition coefficient (Wildman–Crippen LogP) is 3.38. The van der Waals surface area contributed by atoms with Gasteiger partial charge in [0.2, 0.25) is 5.91 Å². The van der Waals surface area contributed by atoms with E-state index in [4.69, 9.17) is 9.47 Å². The van der Waals surface area contributed by atoms with Crippen LogP contribution in [0.15, 0.2) is 42.5 Å². The number of piperazine rings is 1. The first-order valence-electron chi connectivity index (χ1n) is 9.91. The Kier molecular flexibility index (Phi) is 5.34. The van der Waals surface area contributed by atoms with Crippen molar-refractivity contribution in [2.45, 2.75) is 13.3 Å². The van der Waals surface area contributed by atoms with Gasteiger partial charge in [0.25, 0.3) is 0 Å². The van der Waals surface area contributed by atoms with Crippen LogP contribution in [-0.4, -0.2) is 56.2 Å². The maximum atomic E-state index is 13.0. The molecular weight excluding hydrogens is 366 g/mol. The fourth-order valence-electron chi connectivity index (χ4n) is 3.99. The van der Waals surface area contributed by atoms with Gasteiger partial charge < -0.3 is 24.3 Å². The monoisotopic (exact) mass is 393 g/mol. The molecule has 0 bridgehead atoms. The number of amides is 1. The lowest BCUT2D eigenvalue weighted by molar-refractivity contribution is -0.130. The number of carbonyl (C=O) groups is 1. The molecule has 4 rings (SSSR count). The highest BCUT2D eigenvalue weighted by molar-refractivity contribution is 5.91. The second-order valence-corrected chi connectivity index (χ2v) is 7.38. The number of rotatable bonds is 5. The van der Waals surface area contributed by atoms with Gasteiger partial charge in [-0.3, -0.25) is 4.79 Å². The molecule has 29 heavy (non-hydrogen) atoms. The Morgan fingerprint density at radius 3 is 2.28 bits per heavy atom. The molecule has 1 aromatic heterocycles. The van der Waals surface area contributed by atoms with Gasteiger partial charge in [0.1, 0.15) is 11.5 Å². The van der Waals surface area contributed by atoms with E-state index in [1.54, 1.807) is 14.2 Å². The summed E-state index contributed by atoms with van der Waals surface area (Å²) in [7, 11) is 3.33. The number of aryl methyl sites for hydroxylation is 1. The number of fused-ring (bicyclic) bond motifs is 1. The molecule has 3 aromatic rings. The van der Waals surface area contributed by atoms with E-state index in [1.165, 1.54) is 0 Å². The standard InChI is InChI=1S/C23H27N3O3/c1-16-20(21-14-19(29-3)8-9-22(21)24-16)15-23(27)26-12-10-25(11-13-26)17-4-6-18(28-2)7-5-17/h4-9,14,24H,10-13,15H2,1-3H3. The molecule has 0 unspecified atom stereocenters. The highest BCUT2D eigenvalue weighted by Crippen LogP contribution is 2.27. The van der Waals surface area contributed by atoms with Crippen molar-refractivity contribution in [2.24, 2.45) is 0 Å². The first-order chi connectivity index (χ1) is 14.1. The molecule has 6 nitrogen and oxygen atoms in total. The normalized spacial score (nSPS) is 14.3. The summed E-state index contributed by atoms with van der Waals surface area (Å²) in [4.78, 5) is 20.6. The van der Waals surface area contributed by atoms with Gasteiger partial charge in [-0.25, -0.2) is 0 Å². The number of ether oxygens (including phenoxy) is 2. The number of anilines is 1. The lowest BCUT2D eigenvalue weighted by Gasteiger charge is -2.36. The summed E-state index contributed by atoms with van der Waals surface area (Å²) in [6.45, 7) is 5.15. The molecule has 1 N–H and O–H groups in total. The number of aromatic amines is 1. The van der Waals surface area contributed by atoms with Crippen LogP contribution in [0.2, 0.25) is 0 Å². The topological polar surface area (TPSA) is 57.8 Å². The Labute approximate surface area is 171 Å². The summed E-state index contributed by atoms with van der Waals surface area (Å²) in [6, 6.07) is 14.0. The summed E-state index contributed by atoms with van der Waals surface area (Å²) < 4.78 is 10.6. The number of methoxy groups -OCH3 is 2. The van der Waals surface area contributed by atoms with Gasteiger partial charge in [0.05, 0.1) is 20.6 Å². The van der Waals surface area contributed by atoms with Crippen LogP contribution >= 0.6 is 0 Å². The predicted molar refractivity (Wildman–Crippen MR) is 115 cm³/mol. The fourth-order valence-corrected chi connectivity index (χ4v) is 3.99. The molecule has 2 heterocycles. The number of H-pyrrole nitrogens is 1. The van der Waals surface area contributed by atoms with Crippen LogP contribution < -0.4 is 14.4 Å². The average molecular weight is 393 g/mol. The van der Waals surface area contributed by atoms with Crippen LogP contribution in [0.3, 0.4) is 0 Å². The third-order valence-corrected chi connectivity index (χ3v) is 5.72. The van der Waals surface area contributed by atoms with Crippen LogP contribution in [0, 0.1) is 6.92 Å². The molecular formula is C23H27N3O3. The van der Waals surface area contributed by atoms with E-state index in [1.807, 2.05) is 42.2 Å². The van der Waals surface area contributed by atoms with Crippen molar-refractivity contribution in [1.29, 1.82) is 0 Å². The first kappa shape index (κ1) is 19.2. The van der Waals surface area contributed by atoms with E-state index in [-0.39, 0.29) is 5.91 Å². The molecule has 6 heteroatoms. The Balaban J connectivity index is 1.42. The van der Waals surface area contributed by atoms with Gasteiger partial charge >= 0.3 is 0 Å². The molecule has 1 amide bonds. The van der Waals surface area contributed by atoms with Gasteiger partial charge in [-0.15, -0.1) is 0 Å². The van der Waals surface area contributed by atoms with Crippen LogP contribution in [0.25, 0.3) is 10.9 Å². The van der Waals surface area contributed by atoms with E-state index >= 15 is 0 Å².